The van der Waals surface area contributed by atoms with Gasteiger partial charge in [0, 0.05) is 31.2 Å². The van der Waals surface area contributed by atoms with E-state index in [0.29, 0.717) is 26.2 Å². The Hall–Kier alpha value is -0.560. The quantitative estimate of drug-likeness (QED) is 0.839. The highest BCUT2D eigenvalue weighted by atomic mass is 35.5. The van der Waals surface area contributed by atoms with Crippen LogP contribution in [0.5, 0.6) is 0 Å². The van der Waals surface area contributed by atoms with Crippen molar-refractivity contribution in [2.45, 2.75) is 12.2 Å². The predicted molar refractivity (Wildman–Crippen MR) is 76.9 cm³/mol. The second-order valence-corrected chi connectivity index (χ2v) is 5.10. The van der Waals surface area contributed by atoms with Gasteiger partial charge in [0.1, 0.15) is 6.67 Å². The van der Waals surface area contributed by atoms with Gasteiger partial charge in [0.05, 0.1) is 11.6 Å². The molecule has 0 saturated carbocycles. The molecule has 0 aromatic heterocycles. The van der Waals surface area contributed by atoms with Crippen LogP contribution in [0.15, 0.2) is 18.2 Å². The first kappa shape index (κ1) is 18.5. The third-order valence-corrected chi connectivity index (χ3v) is 3.77. The van der Waals surface area contributed by atoms with Crippen molar-refractivity contribution in [3.63, 3.8) is 0 Å². The molecule has 1 heterocycles. The molecule has 1 aliphatic heterocycles. The van der Waals surface area contributed by atoms with Crippen LogP contribution in [0.1, 0.15) is 17.2 Å². The van der Waals surface area contributed by atoms with Gasteiger partial charge in [-0.05, 0) is 23.8 Å². The summed E-state index contributed by atoms with van der Waals surface area (Å²) in [6.45, 7) is 1.78. The Morgan fingerprint density at radius 1 is 1.24 bits per heavy atom. The van der Waals surface area contributed by atoms with E-state index in [2.05, 4.69) is 5.32 Å². The summed E-state index contributed by atoms with van der Waals surface area (Å²) in [4.78, 5) is 1.82. The molecule has 1 N–H and O–H groups in total. The van der Waals surface area contributed by atoms with Gasteiger partial charge >= 0.3 is 6.18 Å². The SMILES string of the molecule is Cl.FC[C@H](c1cc(C(F)(F)F)ccc1Cl)N1CCNCC1. The largest absolute Gasteiger partial charge is 0.416 e. The minimum absolute atomic E-state index is 0. The summed E-state index contributed by atoms with van der Waals surface area (Å²) in [5.74, 6) is 0. The topological polar surface area (TPSA) is 15.3 Å². The number of rotatable bonds is 3. The fraction of sp³-hybridized carbons (Fsp3) is 0.538. The van der Waals surface area contributed by atoms with Crippen molar-refractivity contribution in [2.75, 3.05) is 32.9 Å². The lowest BCUT2D eigenvalue weighted by atomic mass is 10.0. The smallest absolute Gasteiger partial charge is 0.314 e. The van der Waals surface area contributed by atoms with E-state index in [1.165, 1.54) is 6.07 Å². The van der Waals surface area contributed by atoms with Crippen LogP contribution < -0.4 is 5.32 Å². The van der Waals surface area contributed by atoms with Crippen LogP contribution in [-0.4, -0.2) is 37.8 Å². The van der Waals surface area contributed by atoms with Gasteiger partial charge in [-0.25, -0.2) is 4.39 Å². The van der Waals surface area contributed by atoms with Crippen LogP contribution in [-0.2, 0) is 6.18 Å². The van der Waals surface area contributed by atoms with Crippen molar-refractivity contribution in [2.24, 2.45) is 0 Å². The van der Waals surface area contributed by atoms with E-state index in [1.807, 2.05) is 4.90 Å². The number of nitrogens with zero attached hydrogens (tertiary/aromatic N) is 1. The number of hydrogen-bond acceptors (Lipinski definition) is 2. The Bertz CT molecular complexity index is 462. The maximum Gasteiger partial charge on any atom is 0.416 e. The fourth-order valence-corrected chi connectivity index (χ4v) is 2.59. The molecular formula is C13H16Cl2F4N2. The van der Waals surface area contributed by atoms with E-state index in [1.54, 1.807) is 0 Å². The molecule has 0 spiro atoms. The average molecular weight is 347 g/mol. The lowest BCUT2D eigenvalue weighted by molar-refractivity contribution is -0.137. The monoisotopic (exact) mass is 346 g/mol. The van der Waals surface area contributed by atoms with Gasteiger partial charge in [-0.15, -0.1) is 12.4 Å². The van der Waals surface area contributed by atoms with Crippen molar-refractivity contribution in [1.29, 1.82) is 0 Å². The number of alkyl halides is 4. The van der Waals surface area contributed by atoms with E-state index < -0.39 is 24.5 Å². The molecule has 1 atom stereocenters. The van der Waals surface area contributed by atoms with Crippen LogP contribution >= 0.6 is 24.0 Å². The molecule has 2 rings (SSSR count). The van der Waals surface area contributed by atoms with Crippen LogP contribution in [0.4, 0.5) is 17.6 Å². The average Bonchev–Trinajstić information content (AvgIpc) is 2.41. The summed E-state index contributed by atoms with van der Waals surface area (Å²) >= 11 is 5.96. The molecule has 0 bridgehead atoms. The first-order valence-electron chi connectivity index (χ1n) is 6.31. The number of halogens is 6. The van der Waals surface area contributed by atoms with Crippen molar-refractivity contribution in [1.82, 2.24) is 10.2 Å². The van der Waals surface area contributed by atoms with Crippen molar-refractivity contribution < 1.29 is 17.6 Å². The van der Waals surface area contributed by atoms with E-state index in [0.717, 1.165) is 12.1 Å². The molecule has 1 fully saturated rings. The molecule has 21 heavy (non-hydrogen) atoms. The Kier molecular flexibility index (Phi) is 6.71. The lowest BCUT2D eigenvalue weighted by Gasteiger charge is -2.34. The minimum atomic E-state index is -4.45. The standard InChI is InChI=1S/C13H15ClF4N2.ClH/c14-11-2-1-9(13(16,17)18)7-10(11)12(8-15)20-5-3-19-4-6-20;/h1-2,7,12,19H,3-6,8H2;1H/t12-;/m1./s1. The van der Waals surface area contributed by atoms with E-state index >= 15 is 0 Å². The Balaban J connectivity index is 0.00000220. The highest BCUT2D eigenvalue weighted by Gasteiger charge is 2.33. The Labute approximate surface area is 131 Å². The zero-order valence-electron chi connectivity index (χ0n) is 11.1. The molecule has 0 amide bonds. The van der Waals surface area contributed by atoms with Gasteiger partial charge in [0.15, 0.2) is 0 Å². The van der Waals surface area contributed by atoms with Gasteiger partial charge in [-0.1, -0.05) is 11.6 Å². The van der Waals surface area contributed by atoms with Gasteiger partial charge in [-0.3, -0.25) is 4.90 Å². The summed E-state index contributed by atoms with van der Waals surface area (Å²) in [7, 11) is 0. The normalized spacial score (nSPS) is 18.1. The highest BCUT2D eigenvalue weighted by molar-refractivity contribution is 6.31. The Morgan fingerprint density at radius 2 is 1.86 bits per heavy atom. The van der Waals surface area contributed by atoms with Gasteiger partial charge in [-0.2, -0.15) is 13.2 Å². The molecule has 1 aliphatic rings. The first-order chi connectivity index (χ1) is 9.43. The molecule has 1 saturated heterocycles. The number of benzene rings is 1. The van der Waals surface area contributed by atoms with Crippen molar-refractivity contribution in [3.05, 3.63) is 34.3 Å². The van der Waals surface area contributed by atoms with Crippen LogP contribution in [0.25, 0.3) is 0 Å². The maximum absolute atomic E-state index is 13.3. The van der Waals surface area contributed by atoms with Gasteiger partial charge < -0.3 is 5.32 Å². The van der Waals surface area contributed by atoms with Crippen LogP contribution in [0.3, 0.4) is 0 Å². The van der Waals surface area contributed by atoms with Crippen molar-refractivity contribution >= 4 is 24.0 Å². The highest BCUT2D eigenvalue weighted by Crippen LogP contribution is 2.35. The first-order valence-corrected chi connectivity index (χ1v) is 6.68. The van der Waals surface area contributed by atoms with Crippen LogP contribution in [0.2, 0.25) is 5.02 Å². The number of nitrogens with one attached hydrogen (secondary N) is 1. The zero-order chi connectivity index (χ0) is 14.8. The number of piperazine rings is 1. The summed E-state index contributed by atoms with van der Waals surface area (Å²) in [6.07, 6.45) is -4.45. The maximum atomic E-state index is 13.3. The summed E-state index contributed by atoms with van der Waals surface area (Å²) < 4.78 is 51.6. The predicted octanol–water partition coefficient (Wildman–Crippen LogP) is 3.70. The Morgan fingerprint density at radius 3 is 2.38 bits per heavy atom. The zero-order valence-corrected chi connectivity index (χ0v) is 12.7. The molecule has 2 nitrogen and oxygen atoms in total. The lowest BCUT2D eigenvalue weighted by Crippen LogP contribution is -2.45. The third-order valence-electron chi connectivity index (χ3n) is 3.42. The van der Waals surface area contributed by atoms with E-state index in [4.69, 9.17) is 11.6 Å². The van der Waals surface area contributed by atoms with E-state index in [-0.39, 0.29) is 23.0 Å². The van der Waals surface area contributed by atoms with Gasteiger partial charge in [0.2, 0.25) is 0 Å². The second kappa shape index (κ2) is 7.63. The summed E-state index contributed by atoms with van der Waals surface area (Å²) in [5.41, 5.74) is -0.601. The molecule has 120 valence electrons. The molecule has 8 heteroatoms. The molecule has 1 aromatic carbocycles. The van der Waals surface area contributed by atoms with E-state index in [9.17, 15) is 17.6 Å². The third kappa shape index (κ3) is 4.45. The molecule has 1 aromatic rings. The van der Waals surface area contributed by atoms with Gasteiger partial charge in [0.25, 0.3) is 0 Å². The molecule has 0 aliphatic carbocycles. The summed E-state index contributed by atoms with van der Waals surface area (Å²) in [6, 6.07) is 2.32. The molecular weight excluding hydrogens is 331 g/mol. The number of hydrogen-bond donors (Lipinski definition) is 1. The minimum Gasteiger partial charge on any atom is -0.314 e. The van der Waals surface area contributed by atoms with Crippen molar-refractivity contribution in [3.8, 4) is 0 Å². The fourth-order valence-electron chi connectivity index (χ4n) is 2.35. The van der Waals surface area contributed by atoms with Crippen LogP contribution in [0, 0.1) is 0 Å². The molecule has 0 radical (unpaired) electrons. The second-order valence-electron chi connectivity index (χ2n) is 4.69. The molecule has 0 unspecified atom stereocenters. The summed E-state index contributed by atoms with van der Waals surface area (Å²) in [5, 5.41) is 3.28.